The first kappa shape index (κ1) is 17.5. The minimum absolute atomic E-state index is 0.00675. The second-order valence-corrected chi connectivity index (χ2v) is 7.04. The van der Waals surface area contributed by atoms with Crippen LogP contribution in [0.2, 0.25) is 5.02 Å². The third-order valence-electron chi connectivity index (χ3n) is 3.02. The number of benzene rings is 2. The van der Waals surface area contributed by atoms with E-state index in [9.17, 15) is 13.2 Å². The SMILES string of the molecule is C[C@H](NS(=O)(=O)c1cccc(Cl)c1)C(=O)OCc1ccccc1. The number of rotatable bonds is 6. The number of carbonyl (C=O) groups is 1. The molecule has 122 valence electrons. The number of hydrogen-bond donors (Lipinski definition) is 1. The van der Waals surface area contributed by atoms with Crippen LogP contribution in [0.3, 0.4) is 0 Å². The molecule has 0 aromatic heterocycles. The number of nitrogens with one attached hydrogen (secondary N) is 1. The van der Waals surface area contributed by atoms with Crippen molar-refractivity contribution in [3.8, 4) is 0 Å². The van der Waals surface area contributed by atoms with Crippen LogP contribution >= 0.6 is 11.6 Å². The molecule has 0 amide bonds. The predicted octanol–water partition coefficient (Wildman–Crippen LogP) is 2.75. The summed E-state index contributed by atoms with van der Waals surface area (Å²) in [6, 6.07) is 13.9. The summed E-state index contributed by atoms with van der Waals surface area (Å²) in [4.78, 5) is 11.9. The lowest BCUT2D eigenvalue weighted by Crippen LogP contribution is -2.39. The van der Waals surface area contributed by atoms with Gasteiger partial charge in [0.25, 0.3) is 0 Å². The molecule has 0 spiro atoms. The highest BCUT2D eigenvalue weighted by Crippen LogP contribution is 2.15. The maximum atomic E-state index is 12.2. The summed E-state index contributed by atoms with van der Waals surface area (Å²) in [5.74, 6) is -0.653. The van der Waals surface area contributed by atoms with Gasteiger partial charge < -0.3 is 4.74 Å². The molecular formula is C16H16ClNO4S. The van der Waals surface area contributed by atoms with Crippen molar-refractivity contribution in [3.05, 3.63) is 65.2 Å². The summed E-state index contributed by atoms with van der Waals surface area (Å²) in [6.07, 6.45) is 0. The van der Waals surface area contributed by atoms with Gasteiger partial charge in [-0.3, -0.25) is 4.79 Å². The van der Waals surface area contributed by atoms with Gasteiger partial charge in [-0.25, -0.2) is 8.42 Å². The van der Waals surface area contributed by atoms with E-state index in [1.54, 1.807) is 6.07 Å². The van der Waals surface area contributed by atoms with Gasteiger partial charge in [-0.2, -0.15) is 4.72 Å². The Hall–Kier alpha value is -1.89. The van der Waals surface area contributed by atoms with Crippen LogP contribution in [0.5, 0.6) is 0 Å². The normalized spacial score (nSPS) is 12.6. The predicted molar refractivity (Wildman–Crippen MR) is 87.5 cm³/mol. The molecule has 0 aliphatic carbocycles. The van der Waals surface area contributed by atoms with E-state index in [-0.39, 0.29) is 11.5 Å². The molecule has 23 heavy (non-hydrogen) atoms. The molecule has 2 aromatic rings. The highest BCUT2D eigenvalue weighted by atomic mass is 35.5. The molecule has 0 fully saturated rings. The first-order valence-electron chi connectivity index (χ1n) is 6.87. The number of hydrogen-bond acceptors (Lipinski definition) is 4. The van der Waals surface area contributed by atoms with Gasteiger partial charge in [0.1, 0.15) is 12.6 Å². The average Bonchev–Trinajstić information content (AvgIpc) is 2.53. The molecule has 1 atom stereocenters. The fourth-order valence-electron chi connectivity index (χ4n) is 1.84. The van der Waals surface area contributed by atoms with Crippen LogP contribution < -0.4 is 4.72 Å². The monoisotopic (exact) mass is 353 g/mol. The van der Waals surface area contributed by atoms with Gasteiger partial charge in [0.2, 0.25) is 10.0 Å². The summed E-state index contributed by atoms with van der Waals surface area (Å²) in [6.45, 7) is 1.51. The Balaban J connectivity index is 1.97. The third-order valence-corrected chi connectivity index (χ3v) is 4.79. The zero-order valence-corrected chi connectivity index (χ0v) is 14.0. The number of ether oxygens (including phenoxy) is 1. The lowest BCUT2D eigenvalue weighted by molar-refractivity contribution is -0.146. The number of sulfonamides is 1. The average molecular weight is 354 g/mol. The highest BCUT2D eigenvalue weighted by molar-refractivity contribution is 7.89. The van der Waals surface area contributed by atoms with E-state index in [0.717, 1.165) is 5.56 Å². The van der Waals surface area contributed by atoms with E-state index < -0.39 is 22.0 Å². The van der Waals surface area contributed by atoms with Crippen molar-refractivity contribution in [3.63, 3.8) is 0 Å². The Morgan fingerprint density at radius 3 is 2.52 bits per heavy atom. The zero-order valence-electron chi connectivity index (χ0n) is 12.4. The Morgan fingerprint density at radius 1 is 1.17 bits per heavy atom. The molecule has 2 rings (SSSR count). The Bertz CT molecular complexity index is 778. The summed E-state index contributed by atoms with van der Waals surface area (Å²) in [5, 5.41) is 0.298. The van der Waals surface area contributed by atoms with Crippen molar-refractivity contribution in [1.29, 1.82) is 0 Å². The maximum Gasteiger partial charge on any atom is 0.324 e. The summed E-state index contributed by atoms with van der Waals surface area (Å²) in [7, 11) is -3.85. The van der Waals surface area contributed by atoms with Gasteiger partial charge in [-0.05, 0) is 30.7 Å². The molecule has 1 N–H and O–H groups in total. The van der Waals surface area contributed by atoms with Crippen molar-refractivity contribution in [2.75, 3.05) is 0 Å². The van der Waals surface area contributed by atoms with E-state index in [1.807, 2.05) is 30.3 Å². The van der Waals surface area contributed by atoms with Crippen molar-refractivity contribution in [1.82, 2.24) is 4.72 Å². The Morgan fingerprint density at radius 2 is 1.87 bits per heavy atom. The highest BCUT2D eigenvalue weighted by Gasteiger charge is 2.23. The molecule has 2 aromatic carbocycles. The molecule has 7 heteroatoms. The number of esters is 1. The summed E-state index contributed by atoms with van der Waals surface area (Å²) >= 11 is 5.78. The summed E-state index contributed by atoms with van der Waals surface area (Å²) in [5.41, 5.74) is 0.825. The van der Waals surface area contributed by atoms with Crippen LogP contribution in [-0.4, -0.2) is 20.4 Å². The maximum absolute atomic E-state index is 12.2. The second-order valence-electron chi connectivity index (χ2n) is 4.89. The van der Waals surface area contributed by atoms with Crippen molar-refractivity contribution in [2.45, 2.75) is 24.5 Å². The van der Waals surface area contributed by atoms with Gasteiger partial charge >= 0.3 is 5.97 Å². The van der Waals surface area contributed by atoms with Gasteiger partial charge in [-0.1, -0.05) is 48.0 Å². The first-order valence-corrected chi connectivity index (χ1v) is 8.73. The van der Waals surface area contributed by atoms with Gasteiger partial charge in [0, 0.05) is 5.02 Å². The molecule has 0 unspecified atom stereocenters. The van der Waals surface area contributed by atoms with Crippen molar-refractivity contribution < 1.29 is 17.9 Å². The molecule has 0 saturated carbocycles. The molecule has 0 saturated heterocycles. The minimum atomic E-state index is -3.85. The zero-order chi connectivity index (χ0) is 16.9. The fraction of sp³-hybridized carbons (Fsp3) is 0.188. The van der Waals surface area contributed by atoms with Crippen molar-refractivity contribution >= 4 is 27.6 Å². The van der Waals surface area contributed by atoms with Crippen LogP contribution in [0.4, 0.5) is 0 Å². The number of carbonyl (C=O) groups excluding carboxylic acids is 1. The smallest absolute Gasteiger partial charge is 0.324 e. The van der Waals surface area contributed by atoms with Crippen LogP contribution in [0.15, 0.2) is 59.5 Å². The van der Waals surface area contributed by atoms with Crippen LogP contribution in [-0.2, 0) is 26.2 Å². The molecular weight excluding hydrogens is 338 g/mol. The quantitative estimate of drug-likeness (QED) is 0.810. The van der Waals surface area contributed by atoms with E-state index in [0.29, 0.717) is 5.02 Å². The van der Waals surface area contributed by atoms with Gasteiger partial charge in [-0.15, -0.1) is 0 Å². The first-order chi connectivity index (χ1) is 10.9. The molecule has 0 radical (unpaired) electrons. The standard InChI is InChI=1S/C16H16ClNO4S/c1-12(16(19)22-11-13-6-3-2-4-7-13)18-23(20,21)15-9-5-8-14(17)10-15/h2-10,12,18H,11H2,1H3/t12-/m0/s1. The van der Waals surface area contributed by atoms with Gasteiger partial charge in [0.15, 0.2) is 0 Å². The number of halogens is 1. The molecule has 0 bridgehead atoms. The molecule has 0 heterocycles. The van der Waals surface area contributed by atoms with Crippen LogP contribution in [0.25, 0.3) is 0 Å². The Kier molecular flexibility index (Phi) is 5.76. The van der Waals surface area contributed by atoms with Crippen LogP contribution in [0.1, 0.15) is 12.5 Å². The van der Waals surface area contributed by atoms with E-state index in [4.69, 9.17) is 16.3 Å². The molecule has 5 nitrogen and oxygen atoms in total. The van der Waals surface area contributed by atoms with E-state index in [2.05, 4.69) is 4.72 Å². The van der Waals surface area contributed by atoms with Crippen molar-refractivity contribution in [2.24, 2.45) is 0 Å². The lowest BCUT2D eigenvalue weighted by atomic mass is 10.2. The lowest BCUT2D eigenvalue weighted by Gasteiger charge is -2.14. The Labute approximate surface area is 140 Å². The molecule has 0 aliphatic heterocycles. The third kappa shape index (κ3) is 5.06. The van der Waals surface area contributed by atoms with E-state index in [1.165, 1.54) is 25.1 Å². The van der Waals surface area contributed by atoms with E-state index >= 15 is 0 Å². The molecule has 0 aliphatic rings. The summed E-state index contributed by atoms with van der Waals surface area (Å²) < 4.78 is 31.8. The second kappa shape index (κ2) is 7.59. The minimum Gasteiger partial charge on any atom is -0.460 e. The fourth-order valence-corrected chi connectivity index (χ4v) is 3.33. The largest absolute Gasteiger partial charge is 0.460 e. The van der Waals surface area contributed by atoms with Gasteiger partial charge in [0.05, 0.1) is 4.90 Å². The van der Waals surface area contributed by atoms with Crippen LogP contribution in [0, 0.1) is 0 Å². The topological polar surface area (TPSA) is 72.5 Å².